The molecule has 0 saturated heterocycles. The Morgan fingerprint density at radius 3 is 2.79 bits per heavy atom. The number of nitrogen functional groups attached to an aromatic ring is 1. The monoisotopic (exact) mass is 299 g/mol. The van der Waals surface area contributed by atoms with Crippen LogP contribution in [0.1, 0.15) is 10.4 Å². The van der Waals surface area contributed by atoms with E-state index < -0.39 is 11.7 Å². The van der Waals surface area contributed by atoms with Crippen LogP contribution in [0.3, 0.4) is 0 Å². The molecule has 1 aromatic carbocycles. The minimum absolute atomic E-state index is 0.0899. The van der Waals surface area contributed by atoms with Crippen LogP contribution in [-0.4, -0.2) is 10.9 Å². The first-order chi connectivity index (χ1) is 8.99. The minimum atomic E-state index is -0.639. The number of halogens is 3. The molecular weight excluding hydrogens is 292 g/mol. The van der Waals surface area contributed by atoms with E-state index in [-0.39, 0.29) is 27.1 Å². The quantitative estimate of drug-likeness (QED) is 0.836. The normalized spacial score (nSPS) is 10.3. The third kappa shape index (κ3) is 2.94. The van der Waals surface area contributed by atoms with Gasteiger partial charge in [-0.05, 0) is 18.2 Å². The molecule has 98 valence electrons. The Morgan fingerprint density at radius 2 is 2.11 bits per heavy atom. The molecule has 0 aliphatic rings. The van der Waals surface area contributed by atoms with E-state index in [0.29, 0.717) is 0 Å². The predicted molar refractivity (Wildman–Crippen MR) is 73.0 cm³/mol. The van der Waals surface area contributed by atoms with Gasteiger partial charge in [-0.2, -0.15) is 0 Å². The van der Waals surface area contributed by atoms with Crippen molar-refractivity contribution in [1.29, 1.82) is 0 Å². The van der Waals surface area contributed by atoms with Gasteiger partial charge in [0.15, 0.2) is 0 Å². The summed E-state index contributed by atoms with van der Waals surface area (Å²) in [6.07, 6.45) is 1.25. The van der Waals surface area contributed by atoms with Crippen LogP contribution in [0.4, 0.5) is 15.8 Å². The number of benzene rings is 1. The second kappa shape index (κ2) is 5.42. The van der Waals surface area contributed by atoms with Crippen molar-refractivity contribution in [2.75, 3.05) is 11.1 Å². The summed E-state index contributed by atoms with van der Waals surface area (Å²) in [6.45, 7) is 0. The molecule has 0 aliphatic carbocycles. The molecule has 0 unspecified atom stereocenters. The Balaban J connectivity index is 2.34. The van der Waals surface area contributed by atoms with Gasteiger partial charge in [-0.1, -0.05) is 29.3 Å². The third-order valence-corrected chi connectivity index (χ3v) is 2.87. The molecule has 1 heterocycles. The van der Waals surface area contributed by atoms with Crippen molar-refractivity contribution >= 4 is 40.5 Å². The highest BCUT2D eigenvalue weighted by Gasteiger charge is 2.15. The number of nitrogens with zero attached hydrogens (tertiary/aromatic N) is 1. The number of pyridine rings is 1. The molecule has 0 aliphatic heterocycles. The number of amides is 1. The first-order valence-electron chi connectivity index (χ1n) is 5.15. The lowest BCUT2D eigenvalue weighted by molar-refractivity contribution is 0.102. The van der Waals surface area contributed by atoms with Crippen molar-refractivity contribution in [1.82, 2.24) is 4.98 Å². The van der Waals surface area contributed by atoms with E-state index in [0.717, 1.165) is 0 Å². The number of aromatic nitrogens is 1. The van der Waals surface area contributed by atoms with E-state index in [9.17, 15) is 9.18 Å². The first kappa shape index (κ1) is 13.6. The summed E-state index contributed by atoms with van der Waals surface area (Å²) in [5.74, 6) is -1.26. The van der Waals surface area contributed by atoms with Gasteiger partial charge in [0.05, 0.1) is 28.2 Å². The number of hydrogen-bond donors (Lipinski definition) is 2. The van der Waals surface area contributed by atoms with E-state index in [1.165, 1.54) is 30.5 Å². The maximum Gasteiger partial charge on any atom is 0.258 e. The van der Waals surface area contributed by atoms with Crippen molar-refractivity contribution in [2.24, 2.45) is 0 Å². The maximum absolute atomic E-state index is 13.5. The number of para-hydroxylation sites is 1. The number of rotatable bonds is 2. The fourth-order valence-corrected chi connectivity index (χ4v) is 1.80. The second-order valence-electron chi connectivity index (χ2n) is 3.65. The van der Waals surface area contributed by atoms with Gasteiger partial charge in [-0.3, -0.25) is 4.79 Å². The molecular formula is C12H8Cl2FN3O. The summed E-state index contributed by atoms with van der Waals surface area (Å²) in [4.78, 5) is 15.7. The molecule has 0 spiro atoms. The summed E-state index contributed by atoms with van der Waals surface area (Å²) < 4.78 is 13.5. The first-order valence-corrected chi connectivity index (χ1v) is 5.91. The molecule has 0 atom stereocenters. The molecule has 19 heavy (non-hydrogen) atoms. The largest absolute Gasteiger partial charge is 0.397 e. The predicted octanol–water partition coefficient (Wildman–Crippen LogP) is 3.36. The van der Waals surface area contributed by atoms with Crippen molar-refractivity contribution < 1.29 is 9.18 Å². The van der Waals surface area contributed by atoms with Crippen LogP contribution in [0.5, 0.6) is 0 Å². The Kier molecular flexibility index (Phi) is 3.87. The van der Waals surface area contributed by atoms with Gasteiger partial charge in [0.25, 0.3) is 5.91 Å². The number of anilines is 2. The lowest BCUT2D eigenvalue weighted by Gasteiger charge is -2.09. The molecule has 3 N–H and O–H groups in total. The van der Waals surface area contributed by atoms with Crippen LogP contribution in [0, 0.1) is 5.82 Å². The minimum Gasteiger partial charge on any atom is -0.397 e. The van der Waals surface area contributed by atoms with Crippen molar-refractivity contribution in [2.45, 2.75) is 0 Å². The Bertz CT molecular complexity index is 629. The number of carbonyl (C=O) groups is 1. The lowest BCUT2D eigenvalue weighted by atomic mass is 10.2. The fourth-order valence-electron chi connectivity index (χ4n) is 1.44. The lowest BCUT2D eigenvalue weighted by Crippen LogP contribution is -2.15. The van der Waals surface area contributed by atoms with Gasteiger partial charge in [-0.25, -0.2) is 9.37 Å². The van der Waals surface area contributed by atoms with Gasteiger partial charge in [0.1, 0.15) is 11.0 Å². The third-order valence-electron chi connectivity index (χ3n) is 2.35. The van der Waals surface area contributed by atoms with Gasteiger partial charge < -0.3 is 11.1 Å². The summed E-state index contributed by atoms with van der Waals surface area (Å²) in [7, 11) is 0. The zero-order valence-corrected chi connectivity index (χ0v) is 11.0. The average molecular weight is 300 g/mol. The standard InChI is InChI=1S/C12H8Cl2FN3O/c13-7-2-1-3-8(15)11(7)18-12(19)6-4-10(14)17-5-9(6)16/h1-5H,16H2,(H,18,19). The van der Waals surface area contributed by atoms with Gasteiger partial charge in [0.2, 0.25) is 0 Å². The fraction of sp³-hybridized carbons (Fsp3) is 0. The highest BCUT2D eigenvalue weighted by atomic mass is 35.5. The summed E-state index contributed by atoms with van der Waals surface area (Å²) >= 11 is 11.5. The second-order valence-corrected chi connectivity index (χ2v) is 4.44. The van der Waals surface area contributed by atoms with Crippen LogP contribution in [-0.2, 0) is 0 Å². The molecule has 1 aromatic heterocycles. The average Bonchev–Trinajstić information content (AvgIpc) is 2.37. The van der Waals surface area contributed by atoms with E-state index in [1.807, 2.05) is 0 Å². The number of hydrogen-bond acceptors (Lipinski definition) is 3. The zero-order chi connectivity index (χ0) is 14.0. The SMILES string of the molecule is Nc1cnc(Cl)cc1C(=O)Nc1c(F)cccc1Cl. The number of nitrogens with one attached hydrogen (secondary N) is 1. The zero-order valence-electron chi connectivity index (χ0n) is 9.45. The van der Waals surface area contributed by atoms with Gasteiger partial charge >= 0.3 is 0 Å². The van der Waals surface area contributed by atoms with Crippen LogP contribution in [0.15, 0.2) is 30.5 Å². The van der Waals surface area contributed by atoms with E-state index in [1.54, 1.807) is 0 Å². The van der Waals surface area contributed by atoms with E-state index in [2.05, 4.69) is 10.3 Å². The van der Waals surface area contributed by atoms with Crippen LogP contribution < -0.4 is 11.1 Å². The topological polar surface area (TPSA) is 68.0 Å². The van der Waals surface area contributed by atoms with Crippen molar-refractivity contribution in [3.8, 4) is 0 Å². The molecule has 1 amide bonds. The molecule has 0 saturated carbocycles. The summed E-state index contributed by atoms with van der Waals surface area (Å²) in [6, 6.07) is 5.37. The van der Waals surface area contributed by atoms with Crippen molar-refractivity contribution in [3.05, 3.63) is 52.0 Å². The van der Waals surface area contributed by atoms with E-state index in [4.69, 9.17) is 28.9 Å². The summed E-state index contributed by atoms with van der Waals surface area (Å²) in [5.41, 5.74) is 5.73. The molecule has 0 radical (unpaired) electrons. The molecule has 2 aromatic rings. The molecule has 0 bridgehead atoms. The number of carbonyl (C=O) groups excluding carboxylic acids is 1. The van der Waals surface area contributed by atoms with E-state index >= 15 is 0 Å². The van der Waals surface area contributed by atoms with Crippen LogP contribution in [0.25, 0.3) is 0 Å². The highest BCUT2D eigenvalue weighted by Crippen LogP contribution is 2.26. The molecule has 7 heteroatoms. The van der Waals surface area contributed by atoms with Gasteiger partial charge in [-0.15, -0.1) is 0 Å². The molecule has 2 rings (SSSR count). The Labute approximate surface area is 118 Å². The smallest absolute Gasteiger partial charge is 0.258 e. The van der Waals surface area contributed by atoms with Gasteiger partial charge in [0, 0.05) is 0 Å². The van der Waals surface area contributed by atoms with Crippen LogP contribution in [0.2, 0.25) is 10.2 Å². The Hall–Kier alpha value is -1.85. The van der Waals surface area contributed by atoms with Crippen LogP contribution >= 0.6 is 23.2 Å². The summed E-state index contributed by atoms with van der Waals surface area (Å²) in [5, 5.41) is 2.55. The van der Waals surface area contributed by atoms with Crippen molar-refractivity contribution in [3.63, 3.8) is 0 Å². The number of nitrogens with two attached hydrogens (primary N) is 1. The molecule has 0 fully saturated rings. The highest BCUT2D eigenvalue weighted by molar-refractivity contribution is 6.34. The Morgan fingerprint density at radius 1 is 1.37 bits per heavy atom. The molecule has 4 nitrogen and oxygen atoms in total. The maximum atomic E-state index is 13.5.